The summed E-state index contributed by atoms with van der Waals surface area (Å²) in [6, 6.07) is 1.89. The van der Waals surface area contributed by atoms with Crippen LogP contribution in [-0.4, -0.2) is 41.0 Å². The minimum Gasteiger partial charge on any atom is -0.459 e. The summed E-state index contributed by atoms with van der Waals surface area (Å²) in [5, 5.41) is 4.93. The lowest BCUT2D eigenvalue weighted by Gasteiger charge is -2.22. The minimum absolute atomic E-state index is 0. The highest BCUT2D eigenvalue weighted by Crippen LogP contribution is 2.09. The summed E-state index contributed by atoms with van der Waals surface area (Å²) in [5.74, 6) is -2.37. The van der Waals surface area contributed by atoms with Crippen LogP contribution in [0.4, 0.5) is 5.82 Å². The summed E-state index contributed by atoms with van der Waals surface area (Å²) >= 11 is 5.66. The van der Waals surface area contributed by atoms with Gasteiger partial charge in [0.15, 0.2) is 0 Å². The molecule has 1 aromatic rings. The Morgan fingerprint density at radius 1 is 1.29 bits per heavy atom. The van der Waals surface area contributed by atoms with Crippen LogP contribution in [0.5, 0.6) is 0 Å². The summed E-state index contributed by atoms with van der Waals surface area (Å²) < 4.78 is 5.06. The molecule has 0 unspecified atom stereocenters. The van der Waals surface area contributed by atoms with E-state index in [1.807, 2.05) is 0 Å². The fraction of sp³-hybridized carbons (Fsp3) is 0.429. The van der Waals surface area contributed by atoms with Crippen LogP contribution in [0.25, 0.3) is 0 Å². The summed E-state index contributed by atoms with van der Waals surface area (Å²) in [4.78, 5) is 38.8. The van der Waals surface area contributed by atoms with Crippen LogP contribution in [0, 0.1) is 0 Å². The third kappa shape index (κ3) is 8.09. The van der Waals surface area contributed by atoms with Crippen LogP contribution in [0.2, 0.25) is 5.02 Å². The molecule has 0 aromatic carbocycles. The van der Waals surface area contributed by atoms with Gasteiger partial charge in [-0.1, -0.05) is 11.6 Å². The lowest BCUT2D eigenvalue weighted by molar-refractivity contribution is -0.156. The number of carbonyl (C=O) groups excluding carboxylic acids is 3. The van der Waals surface area contributed by atoms with Gasteiger partial charge in [0.05, 0.1) is 5.02 Å². The summed E-state index contributed by atoms with van der Waals surface area (Å²) in [7, 11) is 0. The summed E-state index contributed by atoms with van der Waals surface area (Å²) in [6.07, 6.45) is 1.33. The van der Waals surface area contributed by atoms with E-state index in [0.717, 1.165) is 0 Å². The maximum Gasteiger partial charge on any atom is 0.325 e. The zero-order chi connectivity index (χ0) is 17.6. The molecule has 1 heterocycles. The smallest absolute Gasteiger partial charge is 0.325 e. The number of hydrogen-bond donors (Lipinski definition) is 3. The molecule has 0 aliphatic heterocycles. The molecule has 24 heavy (non-hydrogen) atoms. The molecular weight excluding hydrogens is 359 g/mol. The van der Waals surface area contributed by atoms with Crippen molar-refractivity contribution in [2.75, 3.05) is 11.9 Å². The number of halogens is 2. The maximum atomic E-state index is 11.7. The van der Waals surface area contributed by atoms with Crippen LogP contribution in [0.1, 0.15) is 20.8 Å². The van der Waals surface area contributed by atoms with Crippen LogP contribution < -0.4 is 16.4 Å². The number of aromatic nitrogens is 1. The number of nitrogens with zero attached hydrogens (tertiary/aromatic N) is 1. The van der Waals surface area contributed by atoms with Crippen LogP contribution in [0.3, 0.4) is 0 Å². The number of esters is 1. The van der Waals surface area contributed by atoms with Gasteiger partial charge in [0, 0.05) is 12.7 Å². The van der Waals surface area contributed by atoms with Gasteiger partial charge in [0.1, 0.15) is 17.5 Å². The van der Waals surface area contributed by atoms with Crippen molar-refractivity contribution in [1.82, 2.24) is 10.3 Å². The molecular formula is C14H20Cl2N4O4. The zero-order valence-corrected chi connectivity index (χ0v) is 15.0. The second kappa shape index (κ2) is 9.41. The molecule has 0 saturated carbocycles. The standard InChI is InChI=1S/C14H19ClN4O4.ClH/c1-14(2,3)23-13(22)9(16)7-18-11(20)12(21)19-10-5-4-8(15)6-17-10;/h4-6,9H,7,16H2,1-3H3,(H,18,20)(H,17,19,21);1H/t9-;/m0./s1. The molecule has 0 bridgehead atoms. The minimum atomic E-state index is -1.07. The van der Waals surface area contributed by atoms with Gasteiger partial charge < -0.3 is 21.1 Å². The van der Waals surface area contributed by atoms with Crippen molar-refractivity contribution in [2.45, 2.75) is 32.4 Å². The van der Waals surface area contributed by atoms with Crippen molar-refractivity contribution >= 4 is 47.6 Å². The normalized spacial score (nSPS) is 11.7. The van der Waals surface area contributed by atoms with Gasteiger partial charge in [0.25, 0.3) is 0 Å². The first-order valence-electron chi connectivity index (χ1n) is 6.77. The molecule has 1 aromatic heterocycles. The van der Waals surface area contributed by atoms with Gasteiger partial charge in [-0.25, -0.2) is 4.98 Å². The number of hydrogen-bond acceptors (Lipinski definition) is 6. The van der Waals surface area contributed by atoms with Crippen molar-refractivity contribution in [1.29, 1.82) is 0 Å². The van der Waals surface area contributed by atoms with E-state index in [1.54, 1.807) is 20.8 Å². The average molecular weight is 379 g/mol. The van der Waals surface area contributed by atoms with Crippen LogP contribution in [0.15, 0.2) is 18.3 Å². The molecule has 10 heteroatoms. The van der Waals surface area contributed by atoms with E-state index < -0.39 is 29.4 Å². The number of rotatable bonds is 4. The first kappa shape index (κ1) is 22.1. The van der Waals surface area contributed by atoms with Crippen LogP contribution in [-0.2, 0) is 19.1 Å². The molecule has 0 radical (unpaired) electrons. The van der Waals surface area contributed by atoms with Gasteiger partial charge in [-0.3, -0.25) is 14.4 Å². The summed E-state index contributed by atoms with van der Waals surface area (Å²) in [5.41, 5.74) is 4.91. The monoisotopic (exact) mass is 378 g/mol. The predicted octanol–water partition coefficient (Wildman–Crippen LogP) is 0.880. The Hall–Kier alpha value is -1.90. The number of carbonyl (C=O) groups is 3. The van der Waals surface area contributed by atoms with Crippen molar-refractivity contribution in [3.05, 3.63) is 23.4 Å². The predicted molar refractivity (Wildman–Crippen MR) is 92.0 cm³/mol. The van der Waals surface area contributed by atoms with Crippen molar-refractivity contribution < 1.29 is 19.1 Å². The topological polar surface area (TPSA) is 123 Å². The van der Waals surface area contributed by atoms with E-state index in [4.69, 9.17) is 22.1 Å². The highest BCUT2D eigenvalue weighted by atomic mass is 35.5. The number of pyridine rings is 1. The number of nitrogens with one attached hydrogen (secondary N) is 2. The second-order valence-electron chi connectivity index (χ2n) is 5.67. The fourth-order valence-corrected chi connectivity index (χ4v) is 1.48. The molecule has 4 N–H and O–H groups in total. The Morgan fingerprint density at radius 3 is 2.42 bits per heavy atom. The quantitative estimate of drug-likeness (QED) is 0.527. The van der Waals surface area contributed by atoms with Gasteiger partial charge in [0.2, 0.25) is 0 Å². The number of ether oxygens (including phenoxy) is 1. The highest BCUT2D eigenvalue weighted by Gasteiger charge is 2.23. The van der Waals surface area contributed by atoms with E-state index in [9.17, 15) is 14.4 Å². The zero-order valence-electron chi connectivity index (χ0n) is 13.5. The van der Waals surface area contributed by atoms with Gasteiger partial charge in [-0.05, 0) is 32.9 Å². The third-order valence-corrected chi connectivity index (χ3v) is 2.59. The highest BCUT2D eigenvalue weighted by molar-refractivity contribution is 6.39. The molecule has 0 aliphatic rings. The Morgan fingerprint density at radius 2 is 1.92 bits per heavy atom. The van der Waals surface area contributed by atoms with E-state index in [1.165, 1.54) is 18.3 Å². The Balaban J connectivity index is 0.00000529. The lowest BCUT2D eigenvalue weighted by atomic mass is 10.2. The molecule has 0 aliphatic carbocycles. The second-order valence-corrected chi connectivity index (χ2v) is 6.10. The van der Waals surface area contributed by atoms with Gasteiger partial charge in [-0.2, -0.15) is 0 Å². The molecule has 0 spiro atoms. The molecule has 2 amide bonds. The Labute approximate surface area is 150 Å². The molecule has 134 valence electrons. The van der Waals surface area contributed by atoms with Crippen molar-refractivity contribution in [3.8, 4) is 0 Å². The first-order chi connectivity index (χ1) is 10.6. The number of amides is 2. The first-order valence-corrected chi connectivity index (χ1v) is 7.15. The largest absolute Gasteiger partial charge is 0.459 e. The van der Waals surface area contributed by atoms with E-state index in [0.29, 0.717) is 5.02 Å². The fourth-order valence-electron chi connectivity index (χ4n) is 1.37. The Kier molecular flexibility index (Phi) is 8.66. The SMILES string of the molecule is CC(C)(C)OC(=O)[C@@H](N)CNC(=O)C(=O)Nc1ccc(Cl)cn1.Cl. The third-order valence-electron chi connectivity index (χ3n) is 2.37. The molecule has 1 rings (SSSR count). The van der Waals surface area contributed by atoms with Gasteiger partial charge >= 0.3 is 17.8 Å². The van der Waals surface area contributed by atoms with Gasteiger partial charge in [-0.15, -0.1) is 12.4 Å². The molecule has 0 saturated heterocycles. The molecule has 8 nitrogen and oxygen atoms in total. The van der Waals surface area contributed by atoms with Crippen molar-refractivity contribution in [2.24, 2.45) is 5.73 Å². The lowest BCUT2D eigenvalue weighted by Crippen LogP contribution is -2.47. The van der Waals surface area contributed by atoms with E-state index >= 15 is 0 Å². The number of nitrogens with two attached hydrogens (primary N) is 1. The average Bonchev–Trinajstić information content (AvgIpc) is 2.44. The summed E-state index contributed by atoms with van der Waals surface area (Å²) in [6.45, 7) is 4.86. The number of anilines is 1. The van der Waals surface area contributed by atoms with Crippen LogP contribution >= 0.6 is 24.0 Å². The van der Waals surface area contributed by atoms with E-state index in [-0.39, 0.29) is 24.8 Å². The maximum absolute atomic E-state index is 11.7. The molecule has 0 fully saturated rings. The van der Waals surface area contributed by atoms with E-state index in [2.05, 4.69) is 15.6 Å². The van der Waals surface area contributed by atoms with Crippen molar-refractivity contribution in [3.63, 3.8) is 0 Å². The molecule has 1 atom stereocenters. The Bertz CT molecular complexity index is 587.